The number of hydrogen-bond acceptors (Lipinski definition) is 9. The second kappa shape index (κ2) is 11.0. The number of anilines is 1. The average molecular weight is 598 g/mol. The minimum Gasteiger partial charge on any atom is -0.495 e. The molecule has 1 aromatic carbocycles. The molecule has 41 heavy (non-hydrogen) atoms. The first-order valence-corrected chi connectivity index (χ1v) is 14.1. The topological polar surface area (TPSA) is 110 Å². The zero-order chi connectivity index (χ0) is 28.8. The van der Waals surface area contributed by atoms with Gasteiger partial charge < -0.3 is 19.7 Å². The molecule has 2 fully saturated rings. The molecule has 2 aliphatic heterocycles. The Bertz CT molecular complexity index is 1650. The van der Waals surface area contributed by atoms with E-state index in [9.17, 15) is 4.79 Å². The van der Waals surface area contributed by atoms with Gasteiger partial charge in [0.2, 0.25) is 11.9 Å². The molecule has 2 bridgehead atoms. The maximum atomic E-state index is 12.1. The molecular weight excluding hydrogens is 567 g/mol. The van der Waals surface area contributed by atoms with Crippen molar-refractivity contribution in [2.75, 3.05) is 46.2 Å². The van der Waals surface area contributed by atoms with Crippen molar-refractivity contribution in [2.24, 2.45) is 0 Å². The van der Waals surface area contributed by atoms with Crippen LogP contribution >= 0.6 is 23.2 Å². The minimum absolute atomic E-state index is 0.0215. The van der Waals surface area contributed by atoms with E-state index >= 15 is 0 Å². The van der Waals surface area contributed by atoms with Crippen LogP contribution in [-0.4, -0.2) is 93.3 Å². The zero-order valence-electron chi connectivity index (χ0n) is 23.0. The predicted molar refractivity (Wildman–Crippen MR) is 158 cm³/mol. The Labute approximate surface area is 247 Å². The first-order chi connectivity index (χ1) is 19.9. The van der Waals surface area contributed by atoms with Gasteiger partial charge in [0.1, 0.15) is 11.5 Å². The van der Waals surface area contributed by atoms with Crippen LogP contribution in [0.1, 0.15) is 18.7 Å². The summed E-state index contributed by atoms with van der Waals surface area (Å²) in [7, 11) is 4.84. The summed E-state index contributed by atoms with van der Waals surface area (Å²) in [5.41, 5.74) is 2.35. The number of aromatic nitrogens is 5. The molecule has 0 saturated carbocycles. The second-order valence-electron chi connectivity index (χ2n) is 10.2. The van der Waals surface area contributed by atoms with Crippen molar-refractivity contribution < 1.29 is 14.3 Å². The standard InChI is InChI=1S/C28H30Cl2N8O3/c1-5-22(39)37-14-16-10-17(37)13-36(16)8-6-7-21-33-27-18(23-24(29)19(40-3)11-20(41-4)25(23)30)9-15-12-32-28(31-2)34-26(15)38(27)35-21/h5,9,11-12,16-17H,1,6-8,10,13-14H2,2-4H3,(H,31,32,34). The summed E-state index contributed by atoms with van der Waals surface area (Å²) in [6.07, 6.45) is 5.68. The van der Waals surface area contributed by atoms with Crippen LogP contribution in [0.3, 0.4) is 0 Å². The van der Waals surface area contributed by atoms with Gasteiger partial charge in [-0.15, -0.1) is 5.10 Å². The van der Waals surface area contributed by atoms with E-state index in [-0.39, 0.29) is 11.9 Å². The van der Waals surface area contributed by atoms with Gasteiger partial charge in [-0.1, -0.05) is 29.8 Å². The van der Waals surface area contributed by atoms with Crippen LogP contribution in [0.15, 0.2) is 31.0 Å². The lowest BCUT2D eigenvalue weighted by Gasteiger charge is -2.33. The Kier molecular flexibility index (Phi) is 7.35. The van der Waals surface area contributed by atoms with Crippen LogP contribution < -0.4 is 14.8 Å². The number of carbonyl (C=O) groups is 1. The molecule has 214 valence electrons. The SMILES string of the molecule is C=CC(=O)N1CC2CC1CN2CCCc1nc2c(-c3c(Cl)c(OC)cc(OC)c3Cl)cc3cnc(NC)nc3n2n1. The molecule has 6 rings (SSSR count). The molecule has 11 nitrogen and oxygen atoms in total. The summed E-state index contributed by atoms with van der Waals surface area (Å²) in [4.78, 5) is 30.5. The number of benzene rings is 1. The number of fused-ring (bicyclic) bond motifs is 5. The number of nitrogens with zero attached hydrogens (tertiary/aromatic N) is 7. The highest BCUT2D eigenvalue weighted by atomic mass is 35.5. The van der Waals surface area contributed by atoms with Gasteiger partial charge in [-0.3, -0.25) is 9.69 Å². The summed E-state index contributed by atoms with van der Waals surface area (Å²) >= 11 is 13.6. The number of rotatable bonds is 9. The molecule has 1 N–H and O–H groups in total. The molecule has 2 aliphatic rings. The lowest BCUT2D eigenvalue weighted by Crippen LogP contribution is -2.48. The monoisotopic (exact) mass is 596 g/mol. The minimum atomic E-state index is 0.0215. The average Bonchev–Trinajstić information content (AvgIpc) is 3.71. The quantitative estimate of drug-likeness (QED) is 0.285. The summed E-state index contributed by atoms with van der Waals surface area (Å²) in [6.45, 7) is 6.18. The van der Waals surface area contributed by atoms with Crippen molar-refractivity contribution in [1.82, 2.24) is 34.4 Å². The fraction of sp³-hybridized carbons (Fsp3) is 0.393. The maximum Gasteiger partial charge on any atom is 0.246 e. The van der Waals surface area contributed by atoms with Gasteiger partial charge in [-0.25, -0.2) is 9.97 Å². The van der Waals surface area contributed by atoms with Crippen molar-refractivity contribution in [3.05, 3.63) is 46.9 Å². The molecule has 5 heterocycles. The number of hydrogen-bond donors (Lipinski definition) is 1. The Morgan fingerprint density at radius 2 is 1.88 bits per heavy atom. The number of nitrogens with one attached hydrogen (secondary N) is 1. The molecule has 2 unspecified atom stereocenters. The Morgan fingerprint density at radius 1 is 1.12 bits per heavy atom. The normalized spacial score (nSPS) is 18.4. The number of carbonyl (C=O) groups excluding carboxylic acids is 1. The zero-order valence-corrected chi connectivity index (χ0v) is 24.5. The maximum absolute atomic E-state index is 12.1. The first kappa shape index (κ1) is 27.5. The molecule has 0 spiro atoms. The number of aryl methyl sites for hydroxylation is 1. The van der Waals surface area contributed by atoms with Gasteiger partial charge >= 0.3 is 0 Å². The largest absolute Gasteiger partial charge is 0.495 e. The molecule has 13 heteroatoms. The van der Waals surface area contributed by atoms with Crippen molar-refractivity contribution in [3.8, 4) is 22.6 Å². The Hall–Kier alpha value is -3.67. The molecule has 0 aliphatic carbocycles. The fourth-order valence-electron chi connectivity index (χ4n) is 5.93. The highest BCUT2D eigenvalue weighted by molar-refractivity contribution is 6.41. The third-order valence-corrected chi connectivity index (χ3v) is 8.66. The molecule has 0 radical (unpaired) electrons. The molecular formula is C28H30Cl2N8O3. The lowest BCUT2D eigenvalue weighted by atomic mass is 10.0. The van der Waals surface area contributed by atoms with E-state index in [1.807, 2.05) is 11.0 Å². The summed E-state index contributed by atoms with van der Waals surface area (Å²) < 4.78 is 12.7. The first-order valence-electron chi connectivity index (χ1n) is 13.4. The molecule has 2 atom stereocenters. The smallest absolute Gasteiger partial charge is 0.246 e. The summed E-state index contributed by atoms with van der Waals surface area (Å²) in [6, 6.07) is 4.22. The van der Waals surface area contributed by atoms with Crippen LogP contribution in [0.2, 0.25) is 10.0 Å². The van der Waals surface area contributed by atoms with Gasteiger partial charge in [-0.2, -0.15) is 9.50 Å². The van der Waals surface area contributed by atoms with Crippen LogP contribution in [0, 0.1) is 0 Å². The van der Waals surface area contributed by atoms with E-state index in [0.717, 1.165) is 37.9 Å². The second-order valence-corrected chi connectivity index (χ2v) is 10.9. The van der Waals surface area contributed by atoms with E-state index < -0.39 is 0 Å². The summed E-state index contributed by atoms with van der Waals surface area (Å²) in [5, 5.41) is 9.26. The van der Waals surface area contributed by atoms with Crippen molar-refractivity contribution in [1.29, 1.82) is 0 Å². The van der Waals surface area contributed by atoms with E-state index in [4.69, 9.17) is 42.8 Å². The van der Waals surface area contributed by atoms with Crippen molar-refractivity contribution >= 4 is 51.7 Å². The van der Waals surface area contributed by atoms with Gasteiger partial charge in [0.15, 0.2) is 17.1 Å². The number of piperazine rings is 1. The lowest BCUT2D eigenvalue weighted by molar-refractivity contribution is -0.128. The number of likely N-dealkylation sites (tertiary alicyclic amines) is 2. The van der Waals surface area contributed by atoms with Gasteiger partial charge in [0, 0.05) is 67.4 Å². The number of halogens is 2. The highest BCUT2D eigenvalue weighted by Gasteiger charge is 2.44. The van der Waals surface area contributed by atoms with Gasteiger partial charge in [0.05, 0.1) is 24.3 Å². The van der Waals surface area contributed by atoms with Gasteiger partial charge in [-0.05, 0) is 31.5 Å². The number of methoxy groups -OCH3 is 2. The van der Waals surface area contributed by atoms with E-state index in [1.54, 1.807) is 23.8 Å². The van der Waals surface area contributed by atoms with Crippen LogP contribution in [0.5, 0.6) is 11.5 Å². The molecule has 2 saturated heterocycles. The third-order valence-electron chi connectivity index (χ3n) is 7.91. The van der Waals surface area contributed by atoms with Crippen LogP contribution in [-0.2, 0) is 11.2 Å². The van der Waals surface area contributed by atoms with E-state index in [1.165, 1.54) is 20.3 Å². The van der Waals surface area contributed by atoms with Gasteiger partial charge in [0.25, 0.3) is 0 Å². The van der Waals surface area contributed by atoms with E-state index in [2.05, 4.69) is 26.8 Å². The summed E-state index contributed by atoms with van der Waals surface area (Å²) in [5.74, 6) is 2.02. The number of amides is 1. The number of pyridine rings is 1. The Balaban J connectivity index is 1.35. The van der Waals surface area contributed by atoms with E-state index in [0.29, 0.717) is 68.2 Å². The molecule has 1 amide bonds. The Morgan fingerprint density at radius 3 is 2.51 bits per heavy atom. The van der Waals surface area contributed by atoms with Crippen molar-refractivity contribution in [3.63, 3.8) is 0 Å². The predicted octanol–water partition coefficient (Wildman–Crippen LogP) is 4.11. The van der Waals surface area contributed by atoms with Crippen LogP contribution in [0.25, 0.3) is 27.8 Å². The fourth-order valence-corrected chi connectivity index (χ4v) is 6.64. The van der Waals surface area contributed by atoms with Crippen LogP contribution in [0.4, 0.5) is 5.95 Å². The van der Waals surface area contributed by atoms with Crippen molar-refractivity contribution in [2.45, 2.75) is 31.3 Å². The third kappa shape index (κ3) is 4.71. The molecule has 3 aromatic heterocycles. The highest BCUT2D eigenvalue weighted by Crippen LogP contribution is 2.47. The number of ether oxygens (including phenoxy) is 2. The molecule has 4 aromatic rings.